The van der Waals surface area contributed by atoms with Crippen molar-refractivity contribution in [2.24, 2.45) is 5.73 Å². The van der Waals surface area contributed by atoms with Crippen molar-refractivity contribution in [3.8, 4) is 0 Å². The van der Waals surface area contributed by atoms with Crippen LogP contribution in [0.25, 0.3) is 0 Å². The zero-order chi connectivity index (χ0) is 12.2. The van der Waals surface area contributed by atoms with Gasteiger partial charge in [-0.3, -0.25) is 0 Å². The maximum atomic E-state index is 11.8. The van der Waals surface area contributed by atoms with Crippen molar-refractivity contribution in [1.29, 1.82) is 0 Å². The third kappa shape index (κ3) is 2.84. The van der Waals surface area contributed by atoms with Crippen LogP contribution in [0.15, 0.2) is 17.2 Å². The molecule has 5 nitrogen and oxygen atoms in total. The third-order valence-electron chi connectivity index (χ3n) is 2.28. The molecule has 0 saturated carbocycles. The minimum absolute atomic E-state index is 0.295. The predicted molar refractivity (Wildman–Crippen MR) is 63.5 cm³/mol. The van der Waals surface area contributed by atoms with E-state index in [4.69, 9.17) is 5.73 Å². The van der Waals surface area contributed by atoms with Gasteiger partial charge in [0.05, 0.1) is 4.90 Å². The van der Waals surface area contributed by atoms with E-state index in [1.807, 2.05) is 11.5 Å². The maximum Gasteiger partial charge on any atom is 0.242 e. The SMILES string of the molecule is CCCn1cc(S(=O)(=O)NCC)cc1CN. The van der Waals surface area contributed by atoms with E-state index in [1.165, 1.54) is 0 Å². The van der Waals surface area contributed by atoms with Gasteiger partial charge < -0.3 is 10.3 Å². The van der Waals surface area contributed by atoms with E-state index in [2.05, 4.69) is 4.72 Å². The third-order valence-corrected chi connectivity index (χ3v) is 3.79. The lowest BCUT2D eigenvalue weighted by Crippen LogP contribution is -2.22. The number of aromatic nitrogens is 1. The average Bonchev–Trinajstić information content (AvgIpc) is 2.62. The number of hydrogen-bond acceptors (Lipinski definition) is 3. The molecule has 0 atom stereocenters. The molecule has 0 spiro atoms. The van der Waals surface area contributed by atoms with Crippen LogP contribution in [-0.2, 0) is 23.1 Å². The van der Waals surface area contributed by atoms with Crippen LogP contribution in [-0.4, -0.2) is 19.5 Å². The van der Waals surface area contributed by atoms with E-state index >= 15 is 0 Å². The second-order valence-electron chi connectivity index (χ2n) is 3.57. The van der Waals surface area contributed by atoms with E-state index in [0.717, 1.165) is 18.7 Å². The second-order valence-corrected chi connectivity index (χ2v) is 5.33. The molecule has 1 aromatic heterocycles. The molecule has 0 aliphatic carbocycles. The Balaban J connectivity index is 3.07. The predicted octanol–water partition coefficient (Wildman–Crippen LogP) is 0.655. The van der Waals surface area contributed by atoms with Crippen LogP contribution in [0.2, 0.25) is 0 Å². The fourth-order valence-electron chi connectivity index (χ4n) is 1.57. The summed E-state index contributed by atoms with van der Waals surface area (Å²) in [7, 11) is -3.37. The van der Waals surface area contributed by atoms with Crippen molar-refractivity contribution < 1.29 is 8.42 Å². The summed E-state index contributed by atoms with van der Waals surface area (Å²) in [6, 6.07) is 1.63. The Labute approximate surface area is 96.7 Å². The lowest BCUT2D eigenvalue weighted by atomic mass is 10.4. The number of nitrogens with zero attached hydrogens (tertiary/aromatic N) is 1. The van der Waals surface area contributed by atoms with Crippen molar-refractivity contribution >= 4 is 10.0 Å². The molecule has 6 heteroatoms. The molecule has 0 aromatic carbocycles. The zero-order valence-electron chi connectivity index (χ0n) is 9.73. The van der Waals surface area contributed by atoms with Crippen LogP contribution in [0.1, 0.15) is 26.0 Å². The minimum Gasteiger partial charge on any atom is -0.349 e. The molecule has 0 saturated heterocycles. The van der Waals surface area contributed by atoms with Gasteiger partial charge in [0, 0.05) is 31.5 Å². The van der Waals surface area contributed by atoms with Crippen LogP contribution in [0, 0.1) is 0 Å². The fraction of sp³-hybridized carbons (Fsp3) is 0.600. The first-order valence-electron chi connectivity index (χ1n) is 5.44. The largest absolute Gasteiger partial charge is 0.349 e. The van der Waals surface area contributed by atoms with Crippen LogP contribution in [0.3, 0.4) is 0 Å². The van der Waals surface area contributed by atoms with Crippen LogP contribution in [0.5, 0.6) is 0 Å². The van der Waals surface area contributed by atoms with Gasteiger partial charge in [-0.1, -0.05) is 13.8 Å². The maximum absolute atomic E-state index is 11.8. The van der Waals surface area contributed by atoms with Gasteiger partial charge in [-0.25, -0.2) is 13.1 Å². The molecule has 0 unspecified atom stereocenters. The van der Waals surface area contributed by atoms with Crippen molar-refractivity contribution in [1.82, 2.24) is 9.29 Å². The molecule has 92 valence electrons. The van der Waals surface area contributed by atoms with Gasteiger partial charge in [0.2, 0.25) is 10.0 Å². The van der Waals surface area contributed by atoms with Crippen molar-refractivity contribution in [3.63, 3.8) is 0 Å². The number of rotatable bonds is 6. The Hall–Kier alpha value is -0.850. The number of nitrogens with two attached hydrogens (primary N) is 1. The van der Waals surface area contributed by atoms with E-state index in [1.54, 1.807) is 19.2 Å². The summed E-state index contributed by atoms with van der Waals surface area (Å²) < 4.78 is 27.9. The van der Waals surface area contributed by atoms with Gasteiger partial charge in [0.15, 0.2) is 0 Å². The van der Waals surface area contributed by atoms with Gasteiger partial charge in [-0.05, 0) is 12.5 Å². The highest BCUT2D eigenvalue weighted by molar-refractivity contribution is 7.89. The molecule has 1 rings (SSSR count). The summed E-state index contributed by atoms with van der Waals surface area (Å²) in [4.78, 5) is 0.295. The summed E-state index contributed by atoms with van der Waals surface area (Å²) in [5.74, 6) is 0. The molecule has 0 radical (unpaired) electrons. The first-order valence-corrected chi connectivity index (χ1v) is 6.92. The lowest BCUT2D eigenvalue weighted by Gasteiger charge is -2.04. The van der Waals surface area contributed by atoms with Gasteiger partial charge >= 0.3 is 0 Å². The Morgan fingerprint density at radius 2 is 2.12 bits per heavy atom. The Morgan fingerprint density at radius 3 is 2.62 bits per heavy atom. The van der Waals surface area contributed by atoms with Gasteiger partial charge in [0.1, 0.15) is 0 Å². The highest BCUT2D eigenvalue weighted by atomic mass is 32.2. The zero-order valence-corrected chi connectivity index (χ0v) is 10.5. The van der Waals surface area contributed by atoms with Gasteiger partial charge in [-0.2, -0.15) is 0 Å². The molecule has 16 heavy (non-hydrogen) atoms. The van der Waals surface area contributed by atoms with E-state index in [9.17, 15) is 8.42 Å². The molecule has 3 N–H and O–H groups in total. The standard InChI is InChI=1S/C10H19N3O2S/c1-3-5-13-8-10(6-9(13)7-11)16(14,15)12-4-2/h6,8,12H,3-5,7,11H2,1-2H3. The van der Waals surface area contributed by atoms with Gasteiger partial charge in [-0.15, -0.1) is 0 Å². The molecule has 1 aromatic rings. The summed E-state index contributed by atoms with van der Waals surface area (Å²) in [6.07, 6.45) is 2.59. The van der Waals surface area contributed by atoms with Crippen molar-refractivity contribution in [2.75, 3.05) is 6.54 Å². The number of sulfonamides is 1. The average molecular weight is 245 g/mol. The molecule has 0 aliphatic heterocycles. The monoisotopic (exact) mass is 245 g/mol. The smallest absolute Gasteiger partial charge is 0.242 e. The van der Waals surface area contributed by atoms with Crippen LogP contribution in [0.4, 0.5) is 0 Å². The lowest BCUT2D eigenvalue weighted by molar-refractivity contribution is 0.583. The molecule has 0 bridgehead atoms. The summed E-state index contributed by atoms with van der Waals surface area (Å²) in [5, 5.41) is 0. The van der Waals surface area contributed by atoms with Gasteiger partial charge in [0.25, 0.3) is 0 Å². The molecule has 0 fully saturated rings. The highest BCUT2D eigenvalue weighted by Gasteiger charge is 2.16. The number of aryl methyl sites for hydroxylation is 1. The number of hydrogen-bond donors (Lipinski definition) is 2. The highest BCUT2D eigenvalue weighted by Crippen LogP contribution is 2.14. The van der Waals surface area contributed by atoms with E-state index in [0.29, 0.717) is 18.0 Å². The number of nitrogens with one attached hydrogen (secondary N) is 1. The first-order chi connectivity index (χ1) is 7.55. The van der Waals surface area contributed by atoms with Crippen LogP contribution < -0.4 is 10.5 Å². The normalized spacial score (nSPS) is 11.9. The molecule has 1 heterocycles. The summed E-state index contributed by atoms with van der Waals surface area (Å²) in [5.41, 5.74) is 6.42. The van der Waals surface area contributed by atoms with E-state index in [-0.39, 0.29) is 0 Å². The molecular weight excluding hydrogens is 226 g/mol. The van der Waals surface area contributed by atoms with Crippen molar-refractivity contribution in [3.05, 3.63) is 18.0 Å². The van der Waals surface area contributed by atoms with Crippen LogP contribution >= 0.6 is 0 Å². The van der Waals surface area contributed by atoms with E-state index < -0.39 is 10.0 Å². The topological polar surface area (TPSA) is 77.1 Å². The molecular formula is C10H19N3O2S. The Kier molecular flexibility index (Phi) is 4.52. The molecule has 0 aliphatic rings. The van der Waals surface area contributed by atoms with Crippen molar-refractivity contribution in [2.45, 2.75) is 38.3 Å². The molecule has 0 amide bonds. The summed E-state index contributed by atoms with van der Waals surface area (Å²) in [6.45, 7) is 5.32. The Bertz CT molecular complexity index is 437. The fourth-order valence-corrected chi connectivity index (χ4v) is 2.67. The minimum atomic E-state index is -3.37. The first kappa shape index (κ1) is 13.2. The summed E-state index contributed by atoms with van der Waals surface area (Å²) >= 11 is 0. The second kappa shape index (κ2) is 5.47. The quantitative estimate of drug-likeness (QED) is 0.772. The Morgan fingerprint density at radius 1 is 1.44 bits per heavy atom.